The van der Waals surface area contributed by atoms with Gasteiger partial charge in [0.05, 0.1) is 23.1 Å². The smallest absolute Gasteiger partial charge is 0.272 e. The van der Waals surface area contributed by atoms with Gasteiger partial charge in [-0.3, -0.25) is 19.3 Å². The van der Waals surface area contributed by atoms with Gasteiger partial charge in [-0.1, -0.05) is 19.1 Å². The van der Waals surface area contributed by atoms with E-state index in [4.69, 9.17) is 0 Å². The van der Waals surface area contributed by atoms with Crippen LogP contribution in [0.25, 0.3) is 16.6 Å². The van der Waals surface area contributed by atoms with Crippen molar-refractivity contribution in [2.24, 2.45) is 0 Å². The highest BCUT2D eigenvalue weighted by atomic mass is 16.1. The Hall–Kier alpha value is -3.22. The molecular formula is C19H19N5O2. The van der Waals surface area contributed by atoms with Gasteiger partial charge in [-0.25, -0.2) is 14.5 Å². The Kier molecular flexibility index (Phi) is 3.72. The fraction of sp³-hybridized carbons (Fsp3) is 0.263. The summed E-state index contributed by atoms with van der Waals surface area (Å²) in [6.07, 6.45) is 0.769. The highest BCUT2D eigenvalue weighted by Crippen LogP contribution is 2.13. The predicted octanol–water partition coefficient (Wildman–Crippen LogP) is 1.96. The third kappa shape index (κ3) is 2.44. The van der Waals surface area contributed by atoms with Crippen molar-refractivity contribution in [1.82, 2.24) is 24.1 Å². The number of aromatic amines is 1. The third-order valence-electron chi connectivity index (χ3n) is 4.70. The Morgan fingerprint density at radius 1 is 1.12 bits per heavy atom. The van der Waals surface area contributed by atoms with Crippen LogP contribution in [-0.2, 0) is 13.0 Å². The SMILES string of the molecule is CCc1c(C)[nH]n2c(=O)cc(Cn3c(C)nc4ccccc4c3=O)nc12. The molecule has 1 N–H and O–H groups in total. The van der Waals surface area contributed by atoms with Crippen molar-refractivity contribution < 1.29 is 0 Å². The zero-order valence-electron chi connectivity index (χ0n) is 14.9. The minimum Gasteiger partial charge on any atom is -0.294 e. The van der Waals surface area contributed by atoms with Crippen LogP contribution in [0.1, 0.15) is 29.7 Å². The van der Waals surface area contributed by atoms with E-state index in [1.54, 1.807) is 17.6 Å². The molecule has 0 bridgehead atoms. The number of nitrogens with one attached hydrogen (secondary N) is 1. The van der Waals surface area contributed by atoms with E-state index < -0.39 is 0 Å². The van der Waals surface area contributed by atoms with Crippen molar-refractivity contribution >= 4 is 16.6 Å². The molecule has 3 heterocycles. The van der Waals surface area contributed by atoms with Crippen molar-refractivity contribution in [2.75, 3.05) is 0 Å². The molecular weight excluding hydrogens is 330 g/mol. The van der Waals surface area contributed by atoms with Crippen LogP contribution in [0.3, 0.4) is 0 Å². The zero-order valence-corrected chi connectivity index (χ0v) is 14.9. The summed E-state index contributed by atoms with van der Waals surface area (Å²) in [6, 6.07) is 8.72. The molecule has 7 nitrogen and oxygen atoms in total. The maximum Gasteiger partial charge on any atom is 0.272 e. The van der Waals surface area contributed by atoms with Gasteiger partial charge in [-0.2, -0.15) is 0 Å². The molecule has 132 valence electrons. The van der Waals surface area contributed by atoms with Crippen molar-refractivity contribution in [3.05, 3.63) is 73.8 Å². The van der Waals surface area contributed by atoms with Crippen LogP contribution in [0.5, 0.6) is 0 Å². The van der Waals surface area contributed by atoms with Gasteiger partial charge in [-0.15, -0.1) is 0 Å². The van der Waals surface area contributed by atoms with Crippen LogP contribution in [-0.4, -0.2) is 24.1 Å². The second kappa shape index (κ2) is 5.94. The van der Waals surface area contributed by atoms with Gasteiger partial charge in [-0.05, 0) is 32.4 Å². The number of rotatable bonds is 3. The molecule has 0 unspecified atom stereocenters. The lowest BCUT2D eigenvalue weighted by Crippen LogP contribution is -2.26. The topological polar surface area (TPSA) is 85.0 Å². The van der Waals surface area contributed by atoms with Gasteiger partial charge in [0.25, 0.3) is 11.1 Å². The standard InChI is InChI=1S/C19H19N5O2/c1-4-14-11(2)22-24-17(25)9-13(21-18(14)24)10-23-12(3)20-16-8-6-5-7-15(16)19(23)26/h5-9,22H,4,10H2,1-3H3. The molecule has 3 aromatic heterocycles. The van der Waals surface area contributed by atoms with Gasteiger partial charge in [0.1, 0.15) is 5.82 Å². The molecule has 0 aliphatic rings. The Morgan fingerprint density at radius 3 is 2.65 bits per heavy atom. The maximum atomic E-state index is 12.8. The number of benzene rings is 1. The Bertz CT molecular complexity index is 1260. The summed E-state index contributed by atoms with van der Waals surface area (Å²) >= 11 is 0. The number of fused-ring (bicyclic) bond motifs is 2. The molecule has 1 aromatic carbocycles. The summed E-state index contributed by atoms with van der Waals surface area (Å²) in [5.41, 5.74) is 3.45. The molecule has 0 radical (unpaired) electrons. The number of nitrogens with zero attached hydrogens (tertiary/aromatic N) is 4. The van der Waals surface area contributed by atoms with E-state index in [1.165, 1.54) is 10.6 Å². The van der Waals surface area contributed by atoms with Crippen LogP contribution in [0.2, 0.25) is 0 Å². The number of hydrogen-bond acceptors (Lipinski definition) is 4. The van der Waals surface area contributed by atoms with Gasteiger partial charge < -0.3 is 0 Å². The van der Waals surface area contributed by atoms with E-state index in [1.807, 2.05) is 32.0 Å². The minimum atomic E-state index is -0.188. The quantitative estimate of drug-likeness (QED) is 0.613. The minimum absolute atomic E-state index is 0.129. The van der Waals surface area contributed by atoms with Crippen LogP contribution >= 0.6 is 0 Å². The fourth-order valence-corrected chi connectivity index (χ4v) is 3.37. The zero-order chi connectivity index (χ0) is 18.4. The number of H-pyrrole nitrogens is 1. The first-order valence-corrected chi connectivity index (χ1v) is 8.56. The monoisotopic (exact) mass is 349 g/mol. The summed E-state index contributed by atoms with van der Waals surface area (Å²) in [5.74, 6) is 0.594. The number of hydrogen-bond donors (Lipinski definition) is 1. The molecule has 0 amide bonds. The second-order valence-corrected chi connectivity index (χ2v) is 6.38. The highest BCUT2D eigenvalue weighted by Gasteiger charge is 2.14. The third-order valence-corrected chi connectivity index (χ3v) is 4.70. The first kappa shape index (κ1) is 16.3. The maximum absolute atomic E-state index is 12.8. The molecule has 4 aromatic rings. The molecule has 0 aliphatic heterocycles. The van der Waals surface area contributed by atoms with E-state index in [0.29, 0.717) is 28.1 Å². The molecule has 7 heteroatoms. The molecule has 0 fully saturated rings. The lowest BCUT2D eigenvalue weighted by Gasteiger charge is -2.10. The molecule has 0 atom stereocenters. The predicted molar refractivity (Wildman–Crippen MR) is 99.8 cm³/mol. The van der Waals surface area contributed by atoms with Gasteiger partial charge >= 0.3 is 0 Å². The average molecular weight is 349 g/mol. The Labute approximate surface area is 148 Å². The van der Waals surface area contributed by atoms with Gasteiger partial charge in [0.2, 0.25) is 0 Å². The number of aromatic nitrogens is 5. The van der Waals surface area contributed by atoms with E-state index in [2.05, 4.69) is 15.1 Å². The molecule has 4 rings (SSSR count). The van der Waals surface area contributed by atoms with Crippen molar-refractivity contribution in [2.45, 2.75) is 33.7 Å². The van der Waals surface area contributed by atoms with Crippen LogP contribution in [0, 0.1) is 13.8 Å². The van der Waals surface area contributed by atoms with Gasteiger partial charge in [0.15, 0.2) is 5.65 Å². The average Bonchev–Trinajstić information content (AvgIpc) is 2.94. The fourth-order valence-electron chi connectivity index (χ4n) is 3.37. The lowest BCUT2D eigenvalue weighted by molar-refractivity contribution is 0.693. The summed E-state index contributed by atoms with van der Waals surface area (Å²) < 4.78 is 3.01. The summed E-state index contributed by atoms with van der Waals surface area (Å²) in [7, 11) is 0. The van der Waals surface area contributed by atoms with Crippen LogP contribution in [0.4, 0.5) is 0 Å². The van der Waals surface area contributed by atoms with Crippen LogP contribution < -0.4 is 11.1 Å². The van der Waals surface area contributed by atoms with Crippen LogP contribution in [0.15, 0.2) is 39.9 Å². The van der Waals surface area contributed by atoms with E-state index in [9.17, 15) is 9.59 Å². The van der Waals surface area contributed by atoms with Gasteiger partial charge in [0, 0.05) is 17.3 Å². The first-order valence-electron chi connectivity index (χ1n) is 8.56. The second-order valence-electron chi connectivity index (χ2n) is 6.38. The van der Waals surface area contributed by atoms with Crippen molar-refractivity contribution in [3.63, 3.8) is 0 Å². The summed E-state index contributed by atoms with van der Waals surface area (Å²) in [6.45, 7) is 5.95. The van der Waals surface area contributed by atoms with E-state index in [0.717, 1.165) is 17.7 Å². The van der Waals surface area contributed by atoms with E-state index in [-0.39, 0.29) is 17.7 Å². The van der Waals surface area contributed by atoms with Crippen molar-refractivity contribution in [3.8, 4) is 0 Å². The molecule has 0 saturated heterocycles. The first-order chi connectivity index (χ1) is 12.5. The lowest BCUT2D eigenvalue weighted by atomic mass is 10.2. The molecule has 0 spiro atoms. The number of para-hydroxylation sites is 1. The summed E-state index contributed by atoms with van der Waals surface area (Å²) in [5, 5.41) is 3.60. The number of aryl methyl sites for hydroxylation is 3. The van der Waals surface area contributed by atoms with Crippen molar-refractivity contribution in [1.29, 1.82) is 0 Å². The normalized spacial score (nSPS) is 11.5. The molecule has 26 heavy (non-hydrogen) atoms. The Balaban J connectivity index is 1.89. The molecule has 0 saturated carbocycles. The Morgan fingerprint density at radius 2 is 1.88 bits per heavy atom. The molecule has 0 aliphatic carbocycles. The largest absolute Gasteiger partial charge is 0.294 e. The highest BCUT2D eigenvalue weighted by molar-refractivity contribution is 5.77. The van der Waals surface area contributed by atoms with E-state index >= 15 is 0 Å². The summed E-state index contributed by atoms with van der Waals surface area (Å²) in [4.78, 5) is 34.4.